The van der Waals surface area contributed by atoms with Crippen LogP contribution in [0.5, 0.6) is 0 Å². The summed E-state index contributed by atoms with van der Waals surface area (Å²) in [4.78, 5) is 8.38. The maximum atomic E-state index is 14.3. The largest absolute Gasteiger partial charge is 0.397 e. The molecule has 2 aliphatic heterocycles. The van der Waals surface area contributed by atoms with Crippen LogP contribution in [0.1, 0.15) is 11.1 Å². The van der Waals surface area contributed by atoms with Gasteiger partial charge in [0.25, 0.3) is 19.1 Å². The first-order chi connectivity index (χ1) is 31.1. The Labute approximate surface area is 391 Å². The van der Waals surface area contributed by atoms with E-state index in [4.69, 9.17) is 50.1 Å². The third kappa shape index (κ3) is 12.7. The summed E-state index contributed by atoms with van der Waals surface area (Å²) in [6.07, 6.45) is 0. The molecule has 0 bridgehead atoms. The molecule has 0 atom stereocenters. The van der Waals surface area contributed by atoms with E-state index in [0.717, 1.165) is 43.2 Å². The van der Waals surface area contributed by atoms with Crippen molar-refractivity contribution in [1.29, 1.82) is 10.5 Å². The Morgan fingerprint density at radius 2 is 0.908 bits per heavy atom. The summed E-state index contributed by atoms with van der Waals surface area (Å²) in [5.74, 6) is -0.628. The van der Waals surface area contributed by atoms with E-state index in [1.165, 1.54) is 60.7 Å². The maximum Gasteiger partial charge on any atom is 0.261 e. The standard InChI is InChI=1S/C23H20ClFN4O2S.C16H17ClFN3.C7H4ClNO2S/c24-18-7-10-22(20(25)15-18)28-11-13-29(14-12-28)23-4-2-1-3-21(23)27-32(30,31)19-8-5-17(16-26)6-9-19;17-12-5-6-15(13(18)11-12)20-7-9-21(10-8-20)16-4-2-1-3-14(16)19;8-12(10,11)7-3-1-6(5-9)2-4-7/h1-10,15,27H,11-14H2;1-6,11H,7-10,19H2;1-4H. The summed E-state index contributed by atoms with van der Waals surface area (Å²) < 4.78 is 78.1. The van der Waals surface area contributed by atoms with Crippen LogP contribution in [0, 0.1) is 34.3 Å². The third-order valence-corrected chi connectivity index (χ3v) is 13.6. The monoisotopic (exact) mass is 976 g/mol. The average Bonchev–Trinajstić information content (AvgIpc) is 3.30. The average molecular weight is 978 g/mol. The third-order valence-electron chi connectivity index (χ3n) is 10.4. The first kappa shape index (κ1) is 48.2. The number of nitrogen functional groups attached to an aromatic ring is 1. The predicted molar refractivity (Wildman–Crippen MR) is 255 cm³/mol. The van der Waals surface area contributed by atoms with Crippen LogP contribution in [0.25, 0.3) is 0 Å². The second-order valence-electron chi connectivity index (χ2n) is 14.5. The molecule has 8 rings (SSSR count). The molecule has 19 heteroatoms. The maximum absolute atomic E-state index is 14.3. The van der Waals surface area contributed by atoms with Gasteiger partial charge in [0.1, 0.15) is 11.6 Å². The minimum Gasteiger partial charge on any atom is -0.397 e. The molecule has 0 unspecified atom stereocenters. The van der Waals surface area contributed by atoms with Gasteiger partial charge in [0.05, 0.1) is 67.2 Å². The predicted octanol–water partition coefficient (Wildman–Crippen LogP) is 9.35. The van der Waals surface area contributed by atoms with Gasteiger partial charge >= 0.3 is 0 Å². The molecule has 0 aromatic heterocycles. The van der Waals surface area contributed by atoms with E-state index in [1.807, 2.05) is 58.3 Å². The van der Waals surface area contributed by atoms with E-state index < -0.39 is 19.1 Å². The fraction of sp³-hybridized carbons (Fsp3) is 0.174. The summed E-state index contributed by atoms with van der Waals surface area (Å²) in [6.45, 7) is 5.49. The molecule has 336 valence electrons. The summed E-state index contributed by atoms with van der Waals surface area (Å²) in [6, 6.07) is 39.4. The summed E-state index contributed by atoms with van der Waals surface area (Å²) in [5.41, 5.74) is 11.0. The van der Waals surface area contributed by atoms with Crippen LogP contribution in [-0.2, 0) is 19.1 Å². The lowest BCUT2D eigenvalue weighted by Gasteiger charge is -2.38. The molecule has 6 aromatic carbocycles. The van der Waals surface area contributed by atoms with Crippen molar-refractivity contribution in [2.75, 3.05) is 82.4 Å². The number of nitrogens with two attached hydrogens (primary N) is 1. The van der Waals surface area contributed by atoms with Gasteiger partial charge in [-0.2, -0.15) is 10.5 Å². The van der Waals surface area contributed by atoms with E-state index in [9.17, 15) is 25.6 Å². The first-order valence-electron chi connectivity index (χ1n) is 19.9. The zero-order valence-corrected chi connectivity index (χ0v) is 38.4. The number of nitrogens with zero attached hydrogens (tertiary/aromatic N) is 6. The summed E-state index contributed by atoms with van der Waals surface area (Å²) >= 11 is 11.6. The highest BCUT2D eigenvalue weighted by Gasteiger charge is 2.24. The van der Waals surface area contributed by atoms with Crippen LogP contribution >= 0.6 is 33.9 Å². The molecule has 2 saturated heterocycles. The number of anilines is 6. The number of rotatable bonds is 8. The molecule has 0 saturated carbocycles. The van der Waals surface area contributed by atoms with Gasteiger partial charge in [-0.05, 0) is 109 Å². The lowest BCUT2D eigenvalue weighted by molar-refractivity contribution is 0.597. The van der Waals surface area contributed by atoms with Crippen molar-refractivity contribution in [3.8, 4) is 12.1 Å². The Balaban J connectivity index is 0.000000181. The minimum absolute atomic E-state index is 0.00293. The summed E-state index contributed by atoms with van der Waals surface area (Å²) in [7, 11) is -2.44. The van der Waals surface area contributed by atoms with Gasteiger partial charge in [-0.15, -0.1) is 0 Å². The van der Waals surface area contributed by atoms with Gasteiger partial charge in [0.15, 0.2) is 0 Å². The van der Waals surface area contributed by atoms with Crippen molar-refractivity contribution < 1.29 is 25.6 Å². The molecule has 2 aliphatic rings. The van der Waals surface area contributed by atoms with Crippen molar-refractivity contribution in [2.45, 2.75) is 9.79 Å². The minimum atomic E-state index is -3.82. The van der Waals surface area contributed by atoms with Crippen LogP contribution in [-0.4, -0.2) is 69.2 Å². The fourth-order valence-corrected chi connectivity index (χ4v) is 9.23. The quantitative estimate of drug-likeness (QED) is 0.110. The molecule has 65 heavy (non-hydrogen) atoms. The fourth-order valence-electron chi connectivity index (χ4n) is 7.07. The van der Waals surface area contributed by atoms with E-state index >= 15 is 0 Å². The molecule has 0 amide bonds. The number of benzene rings is 6. The number of hydrogen-bond acceptors (Lipinski definition) is 11. The van der Waals surface area contributed by atoms with Crippen molar-refractivity contribution in [3.05, 3.63) is 166 Å². The molecular weight excluding hydrogens is 937 g/mol. The Bertz CT molecular complexity index is 2920. The van der Waals surface area contributed by atoms with Crippen molar-refractivity contribution in [3.63, 3.8) is 0 Å². The highest BCUT2D eigenvalue weighted by atomic mass is 35.7. The zero-order valence-electron chi connectivity index (χ0n) is 34.5. The molecule has 0 radical (unpaired) electrons. The Kier molecular flexibility index (Phi) is 16.0. The molecule has 0 aliphatic carbocycles. The Morgan fingerprint density at radius 3 is 1.32 bits per heavy atom. The number of hydrogen-bond donors (Lipinski definition) is 2. The van der Waals surface area contributed by atoms with Gasteiger partial charge in [-0.1, -0.05) is 47.5 Å². The Hall–Kier alpha value is -6.27. The van der Waals surface area contributed by atoms with Gasteiger partial charge in [-0.3, -0.25) is 4.72 Å². The van der Waals surface area contributed by atoms with E-state index in [0.29, 0.717) is 64.4 Å². The molecule has 6 aromatic rings. The molecule has 2 heterocycles. The molecule has 3 N–H and O–H groups in total. The van der Waals surface area contributed by atoms with E-state index in [1.54, 1.807) is 36.4 Å². The Morgan fingerprint density at radius 1 is 0.523 bits per heavy atom. The van der Waals surface area contributed by atoms with Crippen molar-refractivity contribution in [2.24, 2.45) is 0 Å². The number of para-hydroxylation sites is 4. The van der Waals surface area contributed by atoms with Crippen LogP contribution < -0.4 is 30.1 Å². The first-order valence-corrected chi connectivity index (χ1v) is 24.4. The van der Waals surface area contributed by atoms with Gasteiger partial charge in [0.2, 0.25) is 0 Å². The van der Waals surface area contributed by atoms with Gasteiger partial charge in [-0.25, -0.2) is 25.6 Å². The normalized spacial score (nSPS) is 13.9. The van der Waals surface area contributed by atoms with Crippen LogP contribution in [0.4, 0.5) is 42.9 Å². The van der Waals surface area contributed by atoms with Crippen molar-refractivity contribution >= 4 is 87.1 Å². The number of halogens is 5. The highest BCUT2D eigenvalue weighted by Crippen LogP contribution is 2.32. The molecule has 2 fully saturated rings. The number of nitrogens with one attached hydrogen (secondary N) is 1. The van der Waals surface area contributed by atoms with Crippen LogP contribution in [0.3, 0.4) is 0 Å². The van der Waals surface area contributed by atoms with E-state index in [-0.39, 0.29) is 21.4 Å². The number of nitriles is 2. The summed E-state index contributed by atoms with van der Waals surface area (Å²) in [5, 5.41) is 18.1. The number of piperazine rings is 2. The SMILES string of the molecule is N#Cc1ccc(S(=O)(=O)Cl)cc1.N#Cc1ccc(S(=O)(=O)Nc2ccccc2N2CCN(c3ccc(Cl)cc3F)CC2)cc1.Nc1ccccc1N1CCN(c2ccc(Cl)cc2F)CC1. The lowest BCUT2D eigenvalue weighted by atomic mass is 10.2. The smallest absolute Gasteiger partial charge is 0.261 e. The van der Waals surface area contributed by atoms with Gasteiger partial charge < -0.3 is 25.3 Å². The number of sulfonamides is 1. The van der Waals surface area contributed by atoms with Crippen molar-refractivity contribution in [1.82, 2.24) is 0 Å². The zero-order chi connectivity index (χ0) is 46.7. The molecule has 12 nitrogen and oxygen atoms in total. The van der Waals surface area contributed by atoms with Gasteiger partial charge in [0, 0.05) is 73.1 Å². The molecule has 0 spiro atoms. The molecular formula is C46H41Cl3F2N8O4S2. The second-order valence-corrected chi connectivity index (χ2v) is 19.7. The van der Waals surface area contributed by atoms with Crippen LogP contribution in [0.2, 0.25) is 10.0 Å². The topological polar surface area (TPSA) is 167 Å². The second kappa shape index (κ2) is 21.6. The lowest BCUT2D eigenvalue weighted by Crippen LogP contribution is -2.47. The van der Waals surface area contributed by atoms with Crippen LogP contribution in [0.15, 0.2) is 143 Å². The highest BCUT2D eigenvalue weighted by molar-refractivity contribution is 8.13. The van der Waals surface area contributed by atoms with E-state index in [2.05, 4.69) is 14.5 Å².